The molecule has 18 heavy (non-hydrogen) atoms. The minimum Gasteiger partial charge on any atom is -0.399 e. The largest absolute Gasteiger partial charge is 0.399 e. The van der Waals surface area contributed by atoms with Crippen molar-refractivity contribution in [2.75, 3.05) is 5.73 Å². The average molecular weight is 241 g/mol. The van der Waals surface area contributed by atoms with Crippen molar-refractivity contribution in [3.05, 3.63) is 65.2 Å². The monoisotopic (exact) mass is 241 g/mol. The third-order valence-corrected chi connectivity index (χ3v) is 3.06. The number of anilines is 1. The van der Waals surface area contributed by atoms with E-state index in [4.69, 9.17) is 5.73 Å². The molecule has 0 radical (unpaired) electrons. The van der Waals surface area contributed by atoms with Crippen LogP contribution in [0.2, 0.25) is 0 Å². The standard InChI is InChI=1S/C16H19NO/c1-2-4-12-7-9-13(10-8-12)16(18)14-5-3-6-15(17)11-14/h3,5-11,16,18H,2,4,17H2,1H3. The maximum atomic E-state index is 10.3. The molecule has 2 nitrogen and oxygen atoms in total. The van der Waals surface area contributed by atoms with Crippen molar-refractivity contribution in [1.82, 2.24) is 0 Å². The second-order valence-electron chi connectivity index (χ2n) is 4.56. The van der Waals surface area contributed by atoms with Gasteiger partial charge in [0.2, 0.25) is 0 Å². The summed E-state index contributed by atoms with van der Waals surface area (Å²) >= 11 is 0. The Morgan fingerprint density at radius 2 is 1.78 bits per heavy atom. The van der Waals surface area contributed by atoms with Crippen LogP contribution in [0.15, 0.2) is 48.5 Å². The lowest BCUT2D eigenvalue weighted by atomic mass is 9.99. The minimum atomic E-state index is -0.607. The van der Waals surface area contributed by atoms with E-state index in [0.717, 1.165) is 24.0 Å². The van der Waals surface area contributed by atoms with Gasteiger partial charge >= 0.3 is 0 Å². The molecule has 0 fully saturated rings. The van der Waals surface area contributed by atoms with Gasteiger partial charge in [0.25, 0.3) is 0 Å². The van der Waals surface area contributed by atoms with Gasteiger partial charge in [0.15, 0.2) is 0 Å². The van der Waals surface area contributed by atoms with E-state index in [1.807, 2.05) is 36.4 Å². The molecule has 0 aromatic heterocycles. The van der Waals surface area contributed by atoms with Crippen molar-refractivity contribution in [1.29, 1.82) is 0 Å². The number of nitrogens with two attached hydrogens (primary N) is 1. The molecule has 0 bridgehead atoms. The molecule has 94 valence electrons. The molecule has 2 aromatic rings. The summed E-state index contributed by atoms with van der Waals surface area (Å²) in [5, 5.41) is 10.3. The van der Waals surface area contributed by atoms with Crippen molar-refractivity contribution in [3.8, 4) is 0 Å². The second kappa shape index (κ2) is 5.69. The second-order valence-corrected chi connectivity index (χ2v) is 4.56. The molecule has 2 heteroatoms. The first-order valence-electron chi connectivity index (χ1n) is 6.33. The van der Waals surface area contributed by atoms with Gasteiger partial charge in [-0.15, -0.1) is 0 Å². The summed E-state index contributed by atoms with van der Waals surface area (Å²) in [7, 11) is 0. The molecule has 1 unspecified atom stereocenters. The smallest absolute Gasteiger partial charge is 0.104 e. The van der Waals surface area contributed by atoms with Crippen molar-refractivity contribution in [3.63, 3.8) is 0 Å². The Morgan fingerprint density at radius 3 is 2.39 bits per heavy atom. The molecule has 2 rings (SSSR count). The maximum absolute atomic E-state index is 10.3. The van der Waals surface area contributed by atoms with Gasteiger partial charge in [-0.2, -0.15) is 0 Å². The van der Waals surface area contributed by atoms with Gasteiger partial charge in [0.1, 0.15) is 6.10 Å². The van der Waals surface area contributed by atoms with Crippen LogP contribution in [0, 0.1) is 0 Å². The summed E-state index contributed by atoms with van der Waals surface area (Å²) in [4.78, 5) is 0. The molecular weight excluding hydrogens is 222 g/mol. The normalized spacial score (nSPS) is 12.3. The lowest BCUT2D eigenvalue weighted by Gasteiger charge is -2.12. The fraction of sp³-hybridized carbons (Fsp3) is 0.250. The number of hydrogen-bond acceptors (Lipinski definition) is 2. The van der Waals surface area contributed by atoms with Crippen LogP contribution in [-0.2, 0) is 6.42 Å². The van der Waals surface area contributed by atoms with E-state index >= 15 is 0 Å². The Morgan fingerprint density at radius 1 is 1.06 bits per heavy atom. The molecule has 3 N–H and O–H groups in total. The highest BCUT2D eigenvalue weighted by molar-refractivity contribution is 5.43. The van der Waals surface area contributed by atoms with Gasteiger partial charge in [-0.05, 0) is 35.2 Å². The van der Waals surface area contributed by atoms with Gasteiger partial charge in [0, 0.05) is 5.69 Å². The van der Waals surface area contributed by atoms with Gasteiger partial charge in [-0.3, -0.25) is 0 Å². The SMILES string of the molecule is CCCc1ccc(C(O)c2cccc(N)c2)cc1. The first-order valence-corrected chi connectivity index (χ1v) is 6.33. The Hall–Kier alpha value is -1.80. The predicted octanol–water partition coefficient (Wildman–Crippen LogP) is 3.30. The van der Waals surface area contributed by atoms with Crippen LogP contribution < -0.4 is 5.73 Å². The highest BCUT2D eigenvalue weighted by Gasteiger charge is 2.10. The molecule has 0 aliphatic heterocycles. The van der Waals surface area contributed by atoms with Crippen LogP contribution in [-0.4, -0.2) is 5.11 Å². The summed E-state index contributed by atoms with van der Waals surface area (Å²) in [6.45, 7) is 2.16. The fourth-order valence-electron chi connectivity index (χ4n) is 2.08. The van der Waals surface area contributed by atoms with Crippen molar-refractivity contribution >= 4 is 5.69 Å². The van der Waals surface area contributed by atoms with E-state index < -0.39 is 6.10 Å². The molecule has 0 aliphatic carbocycles. The minimum absolute atomic E-state index is 0.607. The molecule has 0 saturated heterocycles. The average Bonchev–Trinajstić information content (AvgIpc) is 2.39. The summed E-state index contributed by atoms with van der Waals surface area (Å²) in [5.74, 6) is 0. The van der Waals surface area contributed by atoms with Crippen molar-refractivity contribution < 1.29 is 5.11 Å². The van der Waals surface area contributed by atoms with E-state index in [1.54, 1.807) is 0 Å². The van der Waals surface area contributed by atoms with Crippen LogP contribution in [0.3, 0.4) is 0 Å². The zero-order valence-corrected chi connectivity index (χ0v) is 10.6. The van der Waals surface area contributed by atoms with E-state index in [2.05, 4.69) is 19.1 Å². The molecule has 0 aliphatic rings. The molecule has 2 aromatic carbocycles. The molecule has 0 spiro atoms. The van der Waals surface area contributed by atoms with E-state index in [1.165, 1.54) is 5.56 Å². The summed E-state index contributed by atoms with van der Waals surface area (Å²) in [6, 6.07) is 15.5. The topological polar surface area (TPSA) is 46.2 Å². The van der Waals surface area contributed by atoms with Gasteiger partial charge in [-0.25, -0.2) is 0 Å². The highest BCUT2D eigenvalue weighted by Crippen LogP contribution is 2.23. The van der Waals surface area contributed by atoms with E-state index in [-0.39, 0.29) is 0 Å². The number of rotatable bonds is 4. The quantitative estimate of drug-likeness (QED) is 0.807. The number of nitrogen functional groups attached to an aromatic ring is 1. The number of aliphatic hydroxyl groups is 1. The highest BCUT2D eigenvalue weighted by atomic mass is 16.3. The summed E-state index contributed by atoms with van der Waals surface area (Å²) < 4.78 is 0. The van der Waals surface area contributed by atoms with Gasteiger partial charge < -0.3 is 10.8 Å². The summed E-state index contributed by atoms with van der Waals surface area (Å²) in [6.07, 6.45) is 1.61. The molecule has 1 atom stereocenters. The Labute approximate surface area is 108 Å². The van der Waals surface area contributed by atoms with Gasteiger partial charge in [-0.1, -0.05) is 49.7 Å². The van der Waals surface area contributed by atoms with E-state index in [9.17, 15) is 5.11 Å². The number of benzene rings is 2. The number of aliphatic hydroxyl groups excluding tert-OH is 1. The Balaban J connectivity index is 2.20. The summed E-state index contributed by atoms with van der Waals surface area (Å²) in [5.41, 5.74) is 9.44. The fourth-order valence-corrected chi connectivity index (χ4v) is 2.08. The molecule has 0 saturated carbocycles. The zero-order valence-electron chi connectivity index (χ0n) is 10.6. The first kappa shape index (κ1) is 12.7. The van der Waals surface area contributed by atoms with Gasteiger partial charge in [0.05, 0.1) is 0 Å². The molecular formula is C16H19NO. The van der Waals surface area contributed by atoms with Crippen molar-refractivity contribution in [2.45, 2.75) is 25.9 Å². The predicted molar refractivity (Wildman–Crippen MR) is 75.4 cm³/mol. The lowest BCUT2D eigenvalue weighted by molar-refractivity contribution is 0.220. The van der Waals surface area contributed by atoms with Crippen LogP contribution in [0.5, 0.6) is 0 Å². The third-order valence-electron chi connectivity index (χ3n) is 3.06. The van der Waals surface area contributed by atoms with Crippen LogP contribution >= 0.6 is 0 Å². The first-order chi connectivity index (χ1) is 8.70. The van der Waals surface area contributed by atoms with Crippen LogP contribution in [0.25, 0.3) is 0 Å². The number of aryl methyl sites for hydroxylation is 1. The third kappa shape index (κ3) is 2.90. The number of hydrogen-bond donors (Lipinski definition) is 2. The van der Waals surface area contributed by atoms with Crippen LogP contribution in [0.4, 0.5) is 5.69 Å². The molecule has 0 heterocycles. The van der Waals surface area contributed by atoms with Crippen molar-refractivity contribution in [2.24, 2.45) is 0 Å². The van der Waals surface area contributed by atoms with E-state index in [0.29, 0.717) is 5.69 Å². The zero-order chi connectivity index (χ0) is 13.0. The Kier molecular flexibility index (Phi) is 4.00. The maximum Gasteiger partial charge on any atom is 0.104 e. The van der Waals surface area contributed by atoms with Crippen LogP contribution in [0.1, 0.15) is 36.1 Å². The molecule has 0 amide bonds. The Bertz CT molecular complexity index is 505. The lowest BCUT2D eigenvalue weighted by Crippen LogP contribution is -2.00.